The van der Waals surface area contributed by atoms with Crippen LogP contribution in [-0.4, -0.2) is 35.1 Å². The number of fused-ring (bicyclic) bond motifs is 1. The van der Waals surface area contributed by atoms with Gasteiger partial charge in [0.2, 0.25) is 0 Å². The first-order chi connectivity index (χ1) is 9.48. The molecule has 0 bridgehead atoms. The fourth-order valence-electron chi connectivity index (χ4n) is 1.58. The van der Waals surface area contributed by atoms with E-state index in [-0.39, 0.29) is 30.5 Å². The second-order valence-electron chi connectivity index (χ2n) is 4.04. The van der Waals surface area contributed by atoms with Gasteiger partial charge in [0.05, 0.1) is 18.7 Å². The molecule has 0 atom stereocenters. The van der Waals surface area contributed by atoms with E-state index < -0.39 is 12.6 Å². The molecule has 2 rings (SSSR count). The van der Waals surface area contributed by atoms with Crippen molar-refractivity contribution in [2.24, 2.45) is 4.99 Å². The lowest BCUT2D eigenvalue weighted by Crippen LogP contribution is -2.38. The van der Waals surface area contributed by atoms with Gasteiger partial charge >= 0.3 is 6.18 Å². The maximum absolute atomic E-state index is 12.0. The highest BCUT2D eigenvalue weighted by molar-refractivity contribution is 14.0. The smallest absolute Gasteiger partial charge is 0.356 e. The third-order valence-electron chi connectivity index (χ3n) is 2.50. The number of imidazole rings is 1. The van der Waals surface area contributed by atoms with Crippen LogP contribution in [0, 0.1) is 0 Å². The summed E-state index contributed by atoms with van der Waals surface area (Å²) in [6.07, 6.45) is -1.30. The summed E-state index contributed by atoms with van der Waals surface area (Å²) in [4.78, 5) is 9.09. The van der Waals surface area contributed by atoms with Crippen LogP contribution in [0.5, 0.6) is 0 Å². The molecule has 0 aliphatic rings. The largest absolute Gasteiger partial charge is 0.390 e. The number of thiazole rings is 1. The average molecular weight is 433 g/mol. The van der Waals surface area contributed by atoms with Gasteiger partial charge in [-0.2, -0.15) is 13.2 Å². The van der Waals surface area contributed by atoms with Gasteiger partial charge in [0.15, 0.2) is 10.9 Å². The number of aromatic nitrogens is 2. The number of hydrogen-bond acceptors (Lipinski definition) is 3. The van der Waals surface area contributed by atoms with Crippen molar-refractivity contribution in [3.05, 3.63) is 23.5 Å². The Hall–Kier alpha value is -1.04. The number of aliphatic imine (C=N–C) groups is 1. The van der Waals surface area contributed by atoms with E-state index in [1.54, 1.807) is 0 Å². The van der Waals surface area contributed by atoms with Crippen LogP contribution in [0.15, 0.2) is 22.8 Å². The zero-order valence-electron chi connectivity index (χ0n) is 11.1. The first kappa shape index (κ1) is 18.0. The first-order valence-corrected chi connectivity index (χ1v) is 6.78. The van der Waals surface area contributed by atoms with Crippen molar-refractivity contribution in [2.45, 2.75) is 19.1 Å². The monoisotopic (exact) mass is 433 g/mol. The van der Waals surface area contributed by atoms with Crippen LogP contribution in [-0.2, 0) is 6.54 Å². The lowest BCUT2D eigenvalue weighted by molar-refractivity contribution is -0.132. The standard InChI is InChI=1S/C11H14F3N5S.HI/c1-15-9(16-3-2-11(12,13)14)17-6-8-7-19-4-5-20-10(19)18-8;/h4-5,7H,2-3,6H2,1H3,(H2,15,16,17);1H. The van der Waals surface area contributed by atoms with E-state index in [4.69, 9.17) is 0 Å². The molecule has 2 N–H and O–H groups in total. The van der Waals surface area contributed by atoms with E-state index in [1.807, 2.05) is 22.2 Å². The summed E-state index contributed by atoms with van der Waals surface area (Å²) < 4.78 is 38.0. The van der Waals surface area contributed by atoms with E-state index in [9.17, 15) is 13.2 Å². The molecule has 0 radical (unpaired) electrons. The molecule has 0 aliphatic carbocycles. The van der Waals surface area contributed by atoms with Crippen LogP contribution >= 0.6 is 35.3 Å². The molecule has 0 unspecified atom stereocenters. The summed E-state index contributed by atoms with van der Waals surface area (Å²) in [5.41, 5.74) is 0.802. The van der Waals surface area contributed by atoms with Crippen molar-refractivity contribution >= 4 is 46.2 Å². The minimum atomic E-state index is -4.17. The minimum absolute atomic E-state index is 0. The normalized spacial score (nSPS) is 12.3. The maximum Gasteiger partial charge on any atom is 0.390 e. The van der Waals surface area contributed by atoms with Crippen molar-refractivity contribution in [3.63, 3.8) is 0 Å². The fourth-order valence-corrected chi connectivity index (χ4v) is 2.30. The maximum atomic E-state index is 12.0. The zero-order valence-corrected chi connectivity index (χ0v) is 14.3. The fraction of sp³-hybridized carbons (Fsp3) is 0.455. The Morgan fingerprint density at radius 1 is 1.43 bits per heavy atom. The van der Waals surface area contributed by atoms with Gasteiger partial charge in [-0.25, -0.2) is 4.98 Å². The third kappa shape index (κ3) is 5.69. The first-order valence-electron chi connectivity index (χ1n) is 5.90. The van der Waals surface area contributed by atoms with Crippen LogP contribution in [0.4, 0.5) is 13.2 Å². The number of guanidine groups is 1. The van der Waals surface area contributed by atoms with Gasteiger partial charge in [0, 0.05) is 31.4 Å². The van der Waals surface area contributed by atoms with Gasteiger partial charge in [-0.05, 0) is 0 Å². The summed E-state index contributed by atoms with van der Waals surface area (Å²) in [6.45, 7) is 0.196. The lowest BCUT2D eigenvalue weighted by atomic mass is 10.4. The third-order valence-corrected chi connectivity index (χ3v) is 3.28. The molecule has 0 aliphatic heterocycles. The zero-order chi connectivity index (χ0) is 14.6. The quantitative estimate of drug-likeness (QED) is 0.443. The Morgan fingerprint density at radius 3 is 2.81 bits per heavy atom. The van der Waals surface area contributed by atoms with Crippen molar-refractivity contribution in [2.75, 3.05) is 13.6 Å². The van der Waals surface area contributed by atoms with Crippen LogP contribution in [0.3, 0.4) is 0 Å². The van der Waals surface area contributed by atoms with Gasteiger partial charge in [0.1, 0.15) is 0 Å². The summed E-state index contributed by atoms with van der Waals surface area (Å²) in [5.74, 6) is 0.325. The highest BCUT2D eigenvalue weighted by Gasteiger charge is 2.26. The average Bonchev–Trinajstić information content (AvgIpc) is 2.92. The Morgan fingerprint density at radius 2 is 2.19 bits per heavy atom. The second kappa shape index (κ2) is 7.82. The molecule has 0 spiro atoms. The summed E-state index contributed by atoms with van der Waals surface area (Å²) in [5, 5.41) is 7.46. The molecular weight excluding hydrogens is 418 g/mol. The predicted octanol–water partition coefficient (Wildman–Crippen LogP) is 2.63. The Labute approximate surface area is 140 Å². The molecule has 0 aromatic carbocycles. The Kier molecular flexibility index (Phi) is 6.71. The van der Waals surface area contributed by atoms with Crippen LogP contribution < -0.4 is 10.6 Å². The van der Waals surface area contributed by atoms with E-state index >= 15 is 0 Å². The molecule has 0 fully saturated rings. The van der Waals surface area contributed by atoms with Crippen LogP contribution in [0.1, 0.15) is 12.1 Å². The number of rotatable bonds is 4. The Bertz CT molecular complexity index is 563. The highest BCUT2D eigenvalue weighted by atomic mass is 127. The number of halogens is 4. The van der Waals surface area contributed by atoms with E-state index in [0.717, 1.165) is 10.7 Å². The van der Waals surface area contributed by atoms with E-state index in [1.165, 1.54) is 18.4 Å². The summed E-state index contributed by atoms with van der Waals surface area (Å²) in [7, 11) is 1.51. The predicted molar refractivity (Wildman–Crippen MR) is 87.4 cm³/mol. The highest BCUT2D eigenvalue weighted by Crippen LogP contribution is 2.18. The SMILES string of the molecule is CN=C(NCCC(F)(F)F)NCc1cn2ccsc2n1.I. The van der Waals surface area contributed by atoms with Crippen molar-refractivity contribution in [3.8, 4) is 0 Å². The molecule has 2 heterocycles. The number of nitrogens with one attached hydrogen (secondary N) is 2. The molecule has 0 saturated carbocycles. The number of hydrogen-bond donors (Lipinski definition) is 2. The second-order valence-corrected chi connectivity index (χ2v) is 4.92. The summed E-state index contributed by atoms with van der Waals surface area (Å²) >= 11 is 1.52. The van der Waals surface area contributed by atoms with Gasteiger partial charge in [-0.3, -0.25) is 9.39 Å². The van der Waals surface area contributed by atoms with Gasteiger partial charge in [-0.1, -0.05) is 0 Å². The molecule has 5 nitrogen and oxygen atoms in total. The molecule has 118 valence electrons. The van der Waals surface area contributed by atoms with E-state index in [0.29, 0.717) is 12.5 Å². The van der Waals surface area contributed by atoms with Crippen LogP contribution in [0.25, 0.3) is 4.96 Å². The topological polar surface area (TPSA) is 53.7 Å². The molecule has 2 aromatic rings. The number of nitrogens with zero attached hydrogens (tertiary/aromatic N) is 3. The van der Waals surface area contributed by atoms with Gasteiger partial charge in [-0.15, -0.1) is 35.3 Å². The Balaban J connectivity index is 0.00000220. The van der Waals surface area contributed by atoms with Crippen molar-refractivity contribution < 1.29 is 13.2 Å². The minimum Gasteiger partial charge on any atom is -0.356 e. The molecule has 0 saturated heterocycles. The number of alkyl halides is 3. The molecule has 0 amide bonds. The molecule has 2 aromatic heterocycles. The molecular formula is C11H15F3IN5S. The molecule has 10 heteroatoms. The summed E-state index contributed by atoms with van der Waals surface area (Å²) in [6, 6.07) is 0. The van der Waals surface area contributed by atoms with E-state index in [2.05, 4.69) is 20.6 Å². The van der Waals surface area contributed by atoms with Crippen molar-refractivity contribution in [1.29, 1.82) is 0 Å². The van der Waals surface area contributed by atoms with Gasteiger partial charge < -0.3 is 10.6 Å². The molecule has 21 heavy (non-hydrogen) atoms. The van der Waals surface area contributed by atoms with Crippen molar-refractivity contribution in [1.82, 2.24) is 20.0 Å². The van der Waals surface area contributed by atoms with Gasteiger partial charge in [0.25, 0.3) is 0 Å². The lowest BCUT2D eigenvalue weighted by Gasteiger charge is -2.12. The van der Waals surface area contributed by atoms with Crippen LogP contribution in [0.2, 0.25) is 0 Å².